The summed E-state index contributed by atoms with van der Waals surface area (Å²) in [6.45, 7) is 2.14. The molecule has 4 N–H and O–H groups in total. The first-order valence-corrected chi connectivity index (χ1v) is 12.0. The maximum absolute atomic E-state index is 13.0. The maximum atomic E-state index is 13.0. The molecule has 1 saturated heterocycles. The second-order valence-corrected chi connectivity index (χ2v) is 9.05. The molecule has 0 bridgehead atoms. The molecule has 7 heteroatoms. The normalized spacial score (nSPS) is 18.4. The lowest BCUT2D eigenvalue weighted by Crippen LogP contribution is -2.35. The van der Waals surface area contributed by atoms with E-state index in [0.29, 0.717) is 22.8 Å². The Morgan fingerprint density at radius 3 is 2.41 bits per heavy atom. The van der Waals surface area contributed by atoms with Crippen molar-refractivity contribution in [2.45, 2.75) is 63.5 Å². The number of nitrogens with one attached hydrogen (secondary N) is 4. The third-order valence-electron chi connectivity index (χ3n) is 6.69. The standard InChI is InChI=1S/C25H32N6O/c32-25(29-18-5-3-1-2-4-6-18)21-13-16-27-24-22(21)30-23(31-24)17-7-9-19(10-8-17)28-20-11-14-26-15-12-20/h7-10,13,16,18,20,26,28H,1-6,11-12,14-15H2,(H,29,32)(H,27,30,31). The SMILES string of the molecule is O=C(NC1CCCCCC1)c1ccnc2[nH]c(-c3ccc(NC4CCNCC4)cc3)nc12. The summed E-state index contributed by atoms with van der Waals surface area (Å²) in [6, 6.07) is 10.9. The zero-order chi connectivity index (χ0) is 21.8. The van der Waals surface area contributed by atoms with Gasteiger partial charge in [0.25, 0.3) is 5.91 Å². The fourth-order valence-electron chi connectivity index (χ4n) is 4.84. The molecule has 0 atom stereocenters. The highest BCUT2D eigenvalue weighted by molar-refractivity contribution is 6.04. The summed E-state index contributed by atoms with van der Waals surface area (Å²) in [5.74, 6) is 0.680. The number of fused-ring (bicyclic) bond motifs is 1. The second-order valence-electron chi connectivity index (χ2n) is 9.05. The Morgan fingerprint density at radius 1 is 0.906 bits per heavy atom. The summed E-state index contributed by atoms with van der Waals surface area (Å²) in [6.07, 6.45) is 11.0. The molecule has 1 aromatic carbocycles. The molecule has 1 saturated carbocycles. The van der Waals surface area contributed by atoms with E-state index >= 15 is 0 Å². The summed E-state index contributed by atoms with van der Waals surface area (Å²) in [7, 11) is 0. The number of nitrogens with zero attached hydrogens (tertiary/aromatic N) is 2. The number of anilines is 1. The van der Waals surface area contributed by atoms with Crippen LogP contribution in [0.25, 0.3) is 22.6 Å². The zero-order valence-electron chi connectivity index (χ0n) is 18.5. The molecule has 2 fully saturated rings. The van der Waals surface area contributed by atoms with Gasteiger partial charge in [-0.2, -0.15) is 0 Å². The second kappa shape index (κ2) is 9.69. The van der Waals surface area contributed by atoms with Crippen molar-refractivity contribution in [2.24, 2.45) is 0 Å². The van der Waals surface area contributed by atoms with Crippen LogP contribution in [-0.2, 0) is 0 Å². The largest absolute Gasteiger partial charge is 0.382 e. The predicted octanol–water partition coefficient (Wildman–Crippen LogP) is 4.24. The summed E-state index contributed by atoms with van der Waals surface area (Å²) in [5, 5.41) is 10.2. The minimum Gasteiger partial charge on any atom is -0.382 e. The van der Waals surface area contributed by atoms with Gasteiger partial charge in [0.1, 0.15) is 11.3 Å². The number of rotatable bonds is 5. The molecule has 1 aliphatic heterocycles. The molecule has 0 spiro atoms. The number of imidazole rings is 1. The number of H-pyrrole nitrogens is 1. The number of pyridine rings is 1. The van der Waals surface area contributed by atoms with Crippen molar-refractivity contribution in [3.05, 3.63) is 42.1 Å². The van der Waals surface area contributed by atoms with E-state index in [4.69, 9.17) is 4.98 Å². The van der Waals surface area contributed by atoms with E-state index in [9.17, 15) is 4.79 Å². The first-order valence-electron chi connectivity index (χ1n) is 12.0. The molecule has 0 unspecified atom stereocenters. The van der Waals surface area contributed by atoms with Crippen LogP contribution in [0.15, 0.2) is 36.5 Å². The van der Waals surface area contributed by atoms with Gasteiger partial charge in [0, 0.05) is 29.5 Å². The minimum atomic E-state index is -0.0520. The lowest BCUT2D eigenvalue weighted by molar-refractivity contribution is 0.0935. The molecule has 1 amide bonds. The number of aromatic amines is 1. The summed E-state index contributed by atoms with van der Waals surface area (Å²) in [4.78, 5) is 25.5. The van der Waals surface area contributed by atoms with Gasteiger partial charge in [-0.25, -0.2) is 9.97 Å². The van der Waals surface area contributed by atoms with Crippen LogP contribution >= 0.6 is 0 Å². The van der Waals surface area contributed by atoms with E-state index in [1.165, 1.54) is 25.7 Å². The quantitative estimate of drug-likeness (QED) is 0.453. The molecule has 32 heavy (non-hydrogen) atoms. The van der Waals surface area contributed by atoms with Gasteiger partial charge in [0.2, 0.25) is 0 Å². The molecule has 3 aromatic rings. The number of aromatic nitrogens is 3. The van der Waals surface area contributed by atoms with Gasteiger partial charge < -0.3 is 20.9 Å². The Bertz CT molecular complexity index is 1050. The third-order valence-corrected chi connectivity index (χ3v) is 6.69. The Balaban J connectivity index is 1.32. The maximum Gasteiger partial charge on any atom is 0.253 e. The topological polar surface area (TPSA) is 94.7 Å². The highest BCUT2D eigenvalue weighted by Gasteiger charge is 2.20. The minimum absolute atomic E-state index is 0.0520. The van der Waals surface area contributed by atoms with E-state index in [1.54, 1.807) is 12.3 Å². The van der Waals surface area contributed by atoms with Crippen LogP contribution in [-0.4, -0.2) is 46.0 Å². The highest BCUT2D eigenvalue weighted by atomic mass is 16.1. The van der Waals surface area contributed by atoms with Gasteiger partial charge in [-0.3, -0.25) is 4.79 Å². The number of carbonyl (C=O) groups excluding carboxylic acids is 1. The predicted molar refractivity (Wildman–Crippen MR) is 128 cm³/mol. The van der Waals surface area contributed by atoms with E-state index in [-0.39, 0.29) is 11.9 Å². The van der Waals surface area contributed by atoms with E-state index in [0.717, 1.165) is 55.8 Å². The van der Waals surface area contributed by atoms with Crippen molar-refractivity contribution >= 4 is 22.8 Å². The van der Waals surface area contributed by atoms with Gasteiger partial charge in [-0.15, -0.1) is 0 Å². The average Bonchev–Trinajstić information content (AvgIpc) is 3.10. The van der Waals surface area contributed by atoms with Crippen LogP contribution in [0.3, 0.4) is 0 Å². The van der Waals surface area contributed by atoms with Crippen LogP contribution in [0.1, 0.15) is 61.7 Å². The molecule has 1 aliphatic carbocycles. The first-order chi connectivity index (χ1) is 15.8. The summed E-state index contributed by atoms with van der Waals surface area (Å²) >= 11 is 0. The van der Waals surface area contributed by atoms with Crippen LogP contribution in [0.4, 0.5) is 5.69 Å². The molecule has 0 radical (unpaired) electrons. The molecule has 2 aromatic heterocycles. The van der Waals surface area contributed by atoms with Crippen LogP contribution in [0, 0.1) is 0 Å². The molecule has 7 nitrogen and oxygen atoms in total. The Labute approximate surface area is 188 Å². The first kappa shape index (κ1) is 20.9. The lowest BCUT2D eigenvalue weighted by Gasteiger charge is -2.24. The Morgan fingerprint density at radius 2 is 1.66 bits per heavy atom. The number of benzene rings is 1. The monoisotopic (exact) mass is 432 g/mol. The van der Waals surface area contributed by atoms with Gasteiger partial charge in [0.05, 0.1) is 5.56 Å². The smallest absolute Gasteiger partial charge is 0.253 e. The number of hydrogen-bond acceptors (Lipinski definition) is 5. The molecular weight excluding hydrogens is 400 g/mol. The van der Waals surface area contributed by atoms with Crippen LogP contribution in [0.2, 0.25) is 0 Å². The van der Waals surface area contributed by atoms with Crippen molar-refractivity contribution in [3.63, 3.8) is 0 Å². The Kier molecular flexibility index (Phi) is 6.34. The van der Waals surface area contributed by atoms with Crippen molar-refractivity contribution in [1.29, 1.82) is 0 Å². The molecule has 2 aliphatic rings. The summed E-state index contributed by atoms with van der Waals surface area (Å²) in [5.41, 5.74) is 3.97. The zero-order valence-corrected chi connectivity index (χ0v) is 18.5. The van der Waals surface area contributed by atoms with Crippen molar-refractivity contribution < 1.29 is 4.79 Å². The number of carbonyl (C=O) groups is 1. The van der Waals surface area contributed by atoms with Crippen LogP contribution in [0.5, 0.6) is 0 Å². The van der Waals surface area contributed by atoms with Gasteiger partial charge >= 0.3 is 0 Å². The molecule has 3 heterocycles. The fraction of sp³-hybridized carbons (Fsp3) is 0.480. The van der Waals surface area contributed by atoms with E-state index < -0.39 is 0 Å². The third kappa shape index (κ3) is 4.78. The number of hydrogen-bond donors (Lipinski definition) is 4. The van der Waals surface area contributed by atoms with Crippen molar-refractivity contribution in [3.8, 4) is 11.4 Å². The Hall–Kier alpha value is -2.93. The molecule has 5 rings (SSSR count). The average molecular weight is 433 g/mol. The van der Waals surface area contributed by atoms with Crippen LogP contribution < -0.4 is 16.0 Å². The lowest BCUT2D eigenvalue weighted by atomic mass is 10.1. The van der Waals surface area contributed by atoms with E-state index in [1.807, 2.05) is 0 Å². The van der Waals surface area contributed by atoms with Crippen molar-refractivity contribution in [2.75, 3.05) is 18.4 Å². The van der Waals surface area contributed by atoms with Gasteiger partial charge in [0.15, 0.2) is 5.65 Å². The van der Waals surface area contributed by atoms with Crippen molar-refractivity contribution in [1.82, 2.24) is 25.6 Å². The fourth-order valence-corrected chi connectivity index (χ4v) is 4.84. The summed E-state index contributed by atoms with van der Waals surface area (Å²) < 4.78 is 0. The molecule has 168 valence electrons. The number of piperidine rings is 1. The molecular formula is C25H32N6O. The number of amides is 1. The highest BCUT2D eigenvalue weighted by Crippen LogP contribution is 2.24. The van der Waals surface area contributed by atoms with E-state index in [2.05, 4.69) is 50.2 Å². The van der Waals surface area contributed by atoms with Gasteiger partial charge in [-0.1, -0.05) is 25.7 Å². The van der Waals surface area contributed by atoms with Gasteiger partial charge in [-0.05, 0) is 69.1 Å².